The Hall–Kier alpha value is -0.160. The summed E-state index contributed by atoms with van der Waals surface area (Å²) < 4.78 is 40.5. The van der Waals surface area contributed by atoms with Gasteiger partial charge in [0.1, 0.15) is 0 Å². The third kappa shape index (κ3) is 11.8. The third-order valence-electron chi connectivity index (χ3n) is 1.79. The van der Waals surface area contributed by atoms with E-state index in [2.05, 4.69) is 0 Å². The average molecular weight is 212 g/mol. The highest BCUT2D eigenvalue weighted by atomic mass is 32.2. The van der Waals surface area contributed by atoms with E-state index in [-0.39, 0.29) is 12.4 Å². The summed E-state index contributed by atoms with van der Waals surface area (Å²) in [6.07, 6.45) is 4.59. The molecule has 0 bridgehead atoms. The van der Waals surface area contributed by atoms with Crippen molar-refractivity contribution in [2.24, 2.45) is 0 Å². The molecule has 0 unspecified atom stereocenters. The fourth-order valence-corrected chi connectivity index (χ4v) is 1.65. The van der Waals surface area contributed by atoms with E-state index in [0.29, 0.717) is 12.8 Å². The zero-order chi connectivity index (χ0) is 10.2. The van der Waals surface area contributed by atoms with E-state index in [0.717, 1.165) is 25.7 Å². The van der Waals surface area contributed by atoms with Gasteiger partial charge < -0.3 is 0 Å². The Balaban J connectivity index is 3.09. The van der Waals surface area contributed by atoms with E-state index >= 15 is 0 Å². The molecule has 0 aliphatic carbocycles. The molecular weight excluding hydrogens is 195 g/mol. The SMILES string of the molecule is O=S(=O)(O)CCCCCCCCF. The van der Waals surface area contributed by atoms with Crippen molar-refractivity contribution < 1.29 is 17.4 Å². The molecule has 0 saturated heterocycles. The molecular formula is C8H17FO3S. The summed E-state index contributed by atoms with van der Waals surface area (Å²) in [6, 6.07) is 0. The number of alkyl halides is 1. The molecule has 0 heterocycles. The third-order valence-corrected chi connectivity index (χ3v) is 2.59. The highest BCUT2D eigenvalue weighted by molar-refractivity contribution is 7.85. The summed E-state index contributed by atoms with van der Waals surface area (Å²) in [5.74, 6) is -0.157. The molecule has 0 aromatic heterocycles. The van der Waals surface area contributed by atoms with Crippen LogP contribution in [0.2, 0.25) is 0 Å². The van der Waals surface area contributed by atoms with Crippen molar-refractivity contribution in [3.8, 4) is 0 Å². The highest BCUT2D eigenvalue weighted by Crippen LogP contribution is 2.06. The molecule has 13 heavy (non-hydrogen) atoms. The molecule has 5 heteroatoms. The number of hydrogen-bond acceptors (Lipinski definition) is 2. The second kappa shape index (κ2) is 7.26. The molecule has 0 radical (unpaired) electrons. The largest absolute Gasteiger partial charge is 0.286 e. The fourth-order valence-electron chi connectivity index (χ4n) is 1.09. The smallest absolute Gasteiger partial charge is 0.264 e. The molecule has 0 aliphatic rings. The van der Waals surface area contributed by atoms with Gasteiger partial charge in [0, 0.05) is 0 Å². The van der Waals surface area contributed by atoms with Crippen LogP contribution in [-0.4, -0.2) is 25.4 Å². The topological polar surface area (TPSA) is 54.4 Å². The predicted molar refractivity (Wildman–Crippen MR) is 50.1 cm³/mol. The van der Waals surface area contributed by atoms with E-state index < -0.39 is 10.1 Å². The molecule has 0 amide bonds. The van der Waals surface area contributed by atoms with Crippen LogP contribution >= 0.6 is 0 Å². The van der Waals surface area contributed by atoms with Crippen molar-refractivity contribution in [1.82, 2.24) is 0 Å². The van der Waals surface area contributed by atoms with E-state index in [1.54, 1.807) is 0 Å². The first-order valence-electron chi connectivity index (χ1n) is 4.57. The first-order chi connectivity index (χ1) is 6.06. The van der Waals surface area contributed by atoms with Gasteiger partial charge in [0.05, 0.1) is 12.4 Å². The van der Waals surface area contributed by atoms with Crippen molar-refractivity contribution in [2.75, 3.05) is 12.4 Å². The van der Waals surface area contributed by atoms with Gasteiger partial charge in [-0.3, -0.25) is 8.94 Å². The van der Waals surface area contributed by atoms with Crippen molar-refractivity contribution in [3.63, 3.8) is 0 Å². The summed E-state index contributed by atoms with van der Waals surface area (Å²) in [4.78, 5) is 0. The van der Waals surface area contributed by atoms with Gasteiger partial charge >= 0.3 is 0 Å². The summed E-state index contributed by atoms with van der Waals surface area (Å²) in [5, 5.41) is 0. The lowest BCUT2D eigenvalue weighted by Gasteiger charge is -1.98. The summed E-state index contributed by atoms with van der Waals surface area (Å²) in [7, 11) is -3.78. The molecule has 1 N–H and O–H groups in total. The van der Waals surface area contributed by atoms with Gasteiger partial charge in [-0.25, -0.2) is 0 Å². The molecule has 0 spiro atoms. The minimum atomic E-state index is -3.78. The van der Waals surface area contributed by atoms with Gasteiger partial charge in [0.15, 0.2) is 0 Å². The standard InChI is InChI=1S/C8H17FO3S/c9-7-5-3-1-2-4-6-8-13(10,11)12/h1-8H2,(H,10,11,12). The number of rotatable bonds is 8. The Kier molecular flexibility index (Phi) is 7.17. The number of halogens is 1. The molecule has 0 atom stereocenters. The molecule has 0 saturated carbocycles. The summed E-state index contributed by atoms with van der Waals surface area (Å²) in [5.41, 5.74) is 0. The predicted octanol–water partition coefficient (Wildman–Crippen LogP) is 2.18. The molecule has 0 aromatic rings. The van der Waals surface area contributed by atoms with E-state index in [1.165, 1.54) is 0 Å². The van der Waals surface area contributed by atoms with Crippen LogP contribution in [0, 0.1) is 0 Å². The van der Waals surface area contributed by atoms with Gasteiger partial charge in [-0.05, 0) is 12.8 Å². The van der Waals surface area contributed by atoms with Crippen molar-refractivity contribution >= 4 is 10.1 Å². The van der Waals surface area contributed by atoms with Crippen LogP contribution in [0.3, 0.4) is 0 Å². The molecule has 0 aromatic carbocycles. The summed E-state index contributed by atoms with van der Waals surface area (Å²) >= 11 is 0. The first kappa shape index (κ1) is 12.8. The average Bonchev–Trinajstić information content (AvgIpc) is 2.01. The minimum absolute atomic E-state index is 0.157. The van der Waals surface area contributed by atoms with Crippen LogP contribution < -0.4 is 0 Å². The molecule has 0 fully saturated rings. The lowest BCUT2D eigenvalue weighted by Crippen LogP contribution is -2.03. The Morgan fingerprint density at radius 2 is 1.38 bits per heavy atom. The normalized spacial score (nSPS) is 11.8. The number of hydrogen-bond donors (Lipinski definition) is 1. The zero-order valence-electron chi connectivity index (χ0n) is 7.71. The Morgan fingerprint density at radius 1 is 0.923 bits per heavy atom. The Labute approximate surface area is 79.1 Å². The zero-order valence-corrected chi connectivity index (χ0v) is 8.52. The second-order valence-electron chi connectivity index (χ2n) is 3.10. The van der Waals surface area contributed by atoms with E-state index in [4.69, 9.17) is 4.55 Å². The maximum absolute atomic E-state index is 11.6. The van der Waals surface area contributed by atoms with Crippen LogP contribution in [-0.2, 0) is 10.1 Å². The van der Waals surface area contributed by atoms with Crippen LogP contribution in [0.25, 0.3) is 0 Å². The lowest BCUT2D eigenvalue weighted by atomic mass is 10.1. The van der Waals surface area contributed by atoms with E-state index in [1.807, 2.05) is 0 Å². The van der Waals surface area contributed by atoms with Crippen molar-refractivity contribution in [3.05, 3.63) is 0 Å². The van der Waals surface area contributed by atoms with Crippen LogP contribution in [0.1, 0.15) is 38.5 Å². The second-order valence-corrected chi connectivity index (χ2v) is 4.67. The van der Waals surface area contributed by atoms with Gasteiger partial charge in [-0.1, -0.05) is 25.7 Å². The molecule has 0 aliphatic heterocycles. The van der Waals surface area contributed by atoms with Gasteiger partial charge in [0.2, 0.25) is 0 Å². The lowest BCUT2D eigenvalue weighted by molar-refractivity contribution is 0.450. The quantitative estimate of drug-likeness (QED) is 0.495. The highest BCUT2D eigenvalue weighted by Gasteiger charge is 2.02. The van der Waals surface area contributed by atoms with E-state index in [9.17, 15) is 12.8 Å². The minimum Gasteiger partial charge on any atom is -0.286 e. The number of unbranched alkanes of at least 4 members (excludes halogenated alkanes) is 5. The van der Waals surface area contributed by atoms with Gasteiger partial charge in [0.25, 0.3) is 10.1 Å². The molecule has 0 rings (SSSR count). The Bertz CT molecular complexity index is 201. The van der Waals surface area contributed by atoms with Crippen LogP contribution in [0.5, 0.6) is 0 Å². The molecule has 80 valence electrons. The van der Waals surface area contributed by atoms with Crippen molar-refractivity contribution in [2.45, 2.75) is 38.5 Å². The van der Waals surface area contributed by atoms with Crippen molar-refractivity contribution in [1.29, 1.82) is 0 Å². The van der Waals surface area contributed by atoms with Gasteiger partial charge in [-0.2, -0.15) is 8.42 Å². The maximum atomic E-state index is 11.6. The summed E-state index contributed by atoms with van der Waals surface area (Å²) in [6.45, 7) is -0.273. The van der Waals surface area contributed by atoms with Crippen LogP contribution in [0.15, 0.2) is 0 Å². The first-order valence-corrected chi connectivity index (χ1v) is 6.18. The Morgan fingerprint density at radius 3 is 1.85 bits per heavy atom. The van der Waals surface area contributed by atoms with Crippen LogP contribution in [0.4, 0.5) is 4.39 Å². The van der Waals surface area contributed by atoms with Gasteiger partial charge in [-0.15, -0.1) is 0 Å². The fraction of sp³-hybridized carbons (Fsp3) is 1.00. The molecule has 3 nitrogen and oxygen atoms in total. The monoisotopic (exact) mass is 212 g/mol. The maximum Gasteiger partial charge on any atom is 0.264 e.